The normalized spacial score (nSPS) is 20.8. The Morgan fingerprint density at radius 3 is 2.53 bits per heavy atom. The quantitative estimate of drug-likeness (QED) is 0.473. The van der Waals surface area contributed by atoms with Gasteiger partial charge in [0.05, 0.1) is 44.0 Å². The zero-order chi connectivity index (χ0) is 22.9. The fourth-order valence-electron chi connectivity index (χ4n) is 3.50. The van der Waals surface area contributed by atoms with Crippen LogP contribution in [-0.2, 0) is 9.53 Å². The second-order valence-electron chi connectivity index (χ2n) is 7.51. The molecule has 3 amide bonds. The van der Waals surface area contributed by atoms with Crippen molar-refractivity contribution in [2.24, 2.45) is 0 Å². The molecule has 1 heterocycles. The SMILES string of the molecule is COc1ccccc1NC(=O)N[C@@H]1C=C[C@H](CC(=O)N[C@@H](C)c2ccccc2)O[C@@H]1CO. The summed E-state index contributed by atoms with van der Waals surface area (Å²) in [5.74, 6) is 0.376. The first-order valence-electron chi connectivity index (χ1n) is 10.5. The third-order valence-electron chi connectivity index (χ3n) is 5.18. The number of aliphatic hydroxyl groups excluding tert-OH is 1. The maximum Gasteiger partial charge on any atom is 0.319 e. The molecule has 1 aliphatic heterocycles. The largest absolute Gasteiger partial charge is 0.495 e. The minimum atomic E-state index is -0.673. The number of carbonyl (C=O) groups excluding carboxylic acids is 2. The first-order valence-corrected chi connectivity index (χ1v) is 10.5. The minimum Gasteiger partial charge on any atom is -0.495 e. The molecule has 32 heavy (non-hydrogen) atoms. The topological polar surface area (TPSA) is 109 Å². The average molecular weight is 440 g/mol. The van der Waals surface area contributed by atoms with Gasteiger partial charge in [-0.25, -0.2) is 4.79 Å². The highest BCUT2D eigenvalue weighted by molar-refractivity contribution is 5.91. The molecule has 8 nitrogen and oxygen atoms in total. The van der Waals surface area contributed by atoms with E-state index in [4.69, 9.17) is 9.47 Å². The van der Waals surface area contributed by atoms with Gasteiger partial charge in [-0.05, 0) is 24.6 Å². The fraction of sp³-hybridized carbons (Fsp3) is 0.333. The van der Waals surface area contributed by atoms with Gasteiger partial charge in [-0.1, -0.05) is 54.6 Å². The Bertz CT molecular complexity index is 934. The summed E-state index contributed by atoms with van der Waals surface area (Å²) < 4.78 is 11.1. The van der Waals surface area contributed by atoms with Crippen LogP contribution in [0.1, 0.15) is 24.9 Å². The summed E-state index contributed by atoms with van der Waals surface area (Å²) in [6, 6.07) is 15.6. The Labute approximate surface area is 187 Å². The molecule has 0 fully saturated rings. The van der Waals surface area contributed by atoms with Crippen LogP contribution in [-0.4, -0.2) is 49.0 Å². The molecule has 0 saturated heterocycles. The van der Waals surface area contributed by atoms with Crippen molar-refractivity contribution in [2.75, 3.05) is 19.0 Å². The Balaban J connectivity index is 1.53. The Morgan fingerprint density at radius 2 is 1.81 bits per heavy atom. The number of nitrogens with one attached hydrogen (secondary N) is 3. The van der Waals surface area contributed by atoms with Gasteiger partial charge < -0.3 is 30.5 Å². The van der Waals surface area contributed by atoms with Gasteiger partial charge in [0.15, 0.2) is 0 Å². The predicted octanol–water partition coefficient (Wildman–Crippen LogP) is 2.77. The average Bonchev–Trinajstić information content (AvgIpc) is 2.80. The van der Waals surface area contributed by atoms with Gasteiger partial charge in [0.1, 0.15) is 11.9 Å². The van der Waals surface area contributed by atoms with E-state index in [0.717, 1.165) is 5.56 Å². The van der Waals surface area contributed by atoms with Crippen molar-refractivity contribution in [1.29, 1.82) is 0 Å². The van der Waals surface area contributed by atoms with E-state index in [9.17, 15) is 14.7 Å². The minimum absolute atomic E-state index is 0.115. The van der Waals surface area contributed by atoms with Crippen LogP contribution in [0.15, 0.2) is 66.7 Å². The zero-order valence-corrected chi connectivity index (χ0v) is 18.2. The van der Waals surface area contributed by atoms with E-state index in [1.54, 1.807) is 36.4 Å². The Hall–Kier alpha value is -3.36. The lowest BCUT2D eigenvalue weighted by Crippen LogP contribution is -2.50. The van der Waals surface area contributed by atoms with Crippen LogP contribution in [0.2, 0.25) is 0 Å². The molecule has 8 heteroatoms. The number of amides is 3. The summed E-state index contributed by atoms with van der Waals surface area (Å²) in [5.41, 5.74) is 1.54. The summed E-state index contributed by atoms with van der Waals surface area (Å²) in [4.78, 5) is 24.8. The maximum absolute atomic E-state index is 12.4. The molecule has 0 radical (unpaired) electrons. The van der Waals surface area contributed by atoms with E-state index in [1.807, 2.05) is 37.3 Å². The number of hydrogen-bond donors (Lipinski definition) is 4. The molecule has 0 aromatic heterocycles. The summed E-state index contributed by atoms with van der Waals surface area (Å²) in [6.45, 7) is 1.62. The summed E-state index contributed by atoms with van der Waals surface area (Å²) in [7, 11) is 1.52. The molecule has 170 valence electrons. The molecule has 0 unspecified atom stereocenters. The fourth-order valence-corrected chi connectivity index (χ4v) is 3.50. The highest BCUT2D eigenvalue weighted by Gasteiger charge is 2.29. The number of methoxy groups -OCH3 is 1. The maximum atomic E-state index is 12.4. The van der Waals surface area contributed by atoms with Gasteiger partial charge >= 0.3 is 6.03 Å². The predicted molar refractivity (Wildman–Crippen MR) is 121 cm³/mol. The summed E-state index contributed by atoms with van der Waals surface area (Å²) in [5, 5.41) is 18.2. The third kappa shape index (κ3) is 6.32. The molecule has 0 aliphatic carbocycles. The van der Waals surface area contributed by atoms with Crippen molar-refractivity contribution in [3.05, 3.63) is 72.3 Å². The number of rotatable bonds is 8. The van der Waals surface area contributed by atoms with E-state index in [0.29, 0.717) is 11.4 Å². The second kappa shape index (κ2) is 11.3. The first kappa shape index (κ1) is 23.3. The molecule has 0 saturated carbocycles. The third-order valence-corrected chi connectivity index (χ3v) is 5.18. The molecule has 4 N–H and O–H groups in total. The van der Waals surface area contributed by atoms with Gasteiger partial charge in [0.25, 0.3) is 0 Å². The van der Waals surface area contributed by atoms with Gasteiger partial charge in [0, 0.05) is 0 Å². The number of urea groups is 1. The van der Waals surface area contributed by atoms with Crippen molar-refractivity contribution in [3.8, 4) is 5.75 Å². The number of benzene rings is 2. The number of carbonyl (C=O) groups is 2. The van der Waals surface area contributed by atoms with Crippen LogP contribution in [0.3, 0.4) is 0 Å². The lowest BCUT2D eigenvalue weighted by Gasteiger charge is -2.32. The number of ether oxygens (including phenoxy) is 2. The smallest absolute Gasteiger partial charge is 0.319 e. The number of para-hydroxylation sites is 2. The molecule has 2 aromatic carbocycles. The summed E-state index contributed by atoms with van der Waals surface area (Å²) >= 11 is 0. The molecule has 0 spiro atoms. The number of hydrogen-bond acceptors (Lipinski definition) is 5. The Kier molecular flexibility index (Phi) is 8.24. The van der Waals surface area contributed by atoms with Crippen LogP contribution in [0.5, 0.6) is 5.75 Å². The summed E-state index contributed by atoms with van der Waals surface area (Å²) in [6.07, 6.45) is 2.42. The van der Waals surface area contributed by atoms with E-state index in [2.05, 4.69) is 16.0 Å². The van der Waals surface area contributed by atoms with Crippen LogP contribution in [0.4, 0.5) is 10.5 Å². The van der Waals surface area contributed by atoms with Crippen LogP contribution in [0.25, 0.3) is 0 Å². The van der Waals surface area contributed by atoms with Gasteiger partial charge in [-0.3, -0.25) is 4.79 Å². The van der Waals surface area contributed by atoms with Crippen LogP contribution < -0.4 is 20.7 Å². The van der Waals surface area contributed by atoms with E-state index < -0.39 is 24.3 Å². The van der Waals surface area contributed by atoms with E-state index in [-0.39, 0.29) is 25.0 Å². The molecular weight excluding hydrogens is 410 g/mol. The van der Waals surface area contributed by atoms with E-state index >= 15 is 0 Å². The van der Waals surface area contributed by atoms with Crippen LogP contribution >= 0.6 is 0 Å². The van der Waals surface area contributed by atoms with Crippen molar-refractivity contribution < 1.29 is 24.2 Å². The van der Waals surface area contributed by atoms with Crippen molar-refractivity contribution in [1.82, 2.24) is 10.6 Å². The first-order chi connectivity index (χ1) is 15.5. The van der Waals surface area contributed by atoms with E-state index in [1.165, 1.54) is 7.11 Å². The highest BCUT2D eigenvalue weighted by Crippen LogP contribution is 2.23. The van der Waals surface area contributed by atoms with Crippen molar-refractivity contribution in [3.63, 3.8) is 0 Å². The Morgan fingerprint density at radius 1 is 1.09 bits per heavy atom. The van der Waals surface area contributed by atoms with Gasteiger partial charge in [0.2, 0.25) is 5.91 Å². The second-order valence-corrected chi connectivity index (χ2v) is 7.51. The lowest BCUT2D eigenvalue weighted by atomic mass is 10.0. The van der Waals surface area contributed by atoms with Crippen molar-refractivity contribution in [2.45, 2.75) is 37.6 Å². The monoisotopic (exact) mass is 439 g/mol. The molecule has 1 aliphatic rings. The standard InChI is InChI=1S/C24H29N3O5/c1-16(17-8-4-3-5-9-17)25-23(29)14-18-12-13-20(22(15-28)32-18)27-24(30)26-19-10-6-7-11-21(19)31-2/h3-13,16,18,20,22,28H,14-15H2,1-2H3,(H,25,29)(H2,26,27,30)/t16-,18+,20+,22+/m0/s1. The molecule has 4 atom stereocenters. The lowest BCUT2D eigenvalue weighted by molar-refractivity contribution is -0.125. The number of anilines is 1. The molecule has 2 aromatic rings. The molecular formula is C24H29N3O5. The van der Waals surface area contributed by atoms with Gasteiger partial charge in [-0.2, -0.15) is 0 Å². The van der Waals surface area contributed by atoms with Gasteiger partial charge in [-0.15, -0.1) is 0 Å². The molecule has 0 bridgehead atoms. The molecule has 3 rings (SSSR count). The highest BCUT2D eigenvalue weighted by atomic mass is 16.5. The van der Waals surface area contributed by atoms with Crippen LogP contribution in [0, 0.1) is 0 Å². The van der Waals surface area contributed by atoms with Crippen molar-refractivity contribution >= 4 is 17.6 Å². The number of aliphatic hydroxyl groups is 1. The zero-order valence-electron chi connectivity index (χ0n) is 18.2.